The number of anilines is 1. The van der Waals surface area contributed by atoms with Crippen LogP contribution in [0, 0.1) is 0 Å². The van der Waals surface area contributed by atoms with Crippen molar-refractivity contribution in [3.63, 3.8) is 0 Å². The van der Waals surface area contributed by atoms with Gasteiger partial charge in [0, 0.05) is 12.7 Å². The molecule has 0 aliphatic carbocycles. The van der Waals surface area contributed by atoms with E-state index >= 15 is 0 Å². The topological polar surface area (TPSA) is 33.7 Å². The number of likely N-dealkylation sites (N-methyl/N-ethyl adjacent to an activating group) is 1. The summed E-state index contributed by atoms with van der Waals surface area (Å²) >= 11 is 11.5. The van der Waals surface area contributed by atoms with Crippen molar-refractivity contribution in [3.05, 3.63) is 53.6 Å². The molecule has 0 heterocycles. The number of hydrogen-bond donors (Lipinski definition) is 1. The number of halogens is 1. The maximum absolute atomic E-state index is 6.06. The highest BCUT2D eigenvalue weighted by Crippen LogP contribution is 2.22. The number of para-hydroxylation sites is 1. The van der Waals surface area contributed by atoms with Gasteiger partial charge < -0.3 is 19.7 Å². The van der Waals surface area contributed by atoms with E-state index in [1.165, 1.54) is 0 Å². The van der Waals surface area contributed by atoms with Gasteiger partial charge in [0.2, 0.25) is 0 Å². The van der Waals surface area contributed by atoms with Crippen molar-refractivity contribution in [2.75, 3.05) is 32.1 Å². The highest BCUT2D eigenvalue weighted by Gasteiger charge is 2.06. The summed E-state index contributed by atoms with van der Waals surface area (Å²) in [7, 11) is 1.92. The predicted molar refractivity (Wildman–Crippen MR) is 103 cm³/mol. The highest BCUT2D eigenvalue weighted by atomic mass is 35.5. The molecule has 0 aromatic heterocycles. The molecule has 4 nitrogen and oxygen atoms in total. The third-order valence-corrected chi connectivity index (χ3v) is 4.01. The minimum absolute atomic E-state index is 0.491. The first-order chi connectivity index (χ1) is 11.6. The van der Waals surface area contributed by atoms with E-state index in [0.29, 0.717) is 35.6 Å². The molecular formula is C18H21ClN2O2S. The molecule has 0 bridgehead atoms. The van der Waals surface area contributed by atoms with Crippen LogP contribution in [0.15, 0.2) is 48.5 Å². The Bertz CT molecular complexity index is 664. The molecule has 0 radical (unpaired) electrons. The monoisotopic (exact) mass is 364 g/mol. The van der Waals surface area contributed by atoms with Gasteiger partial charge in [0.15, 0.2) is 5.11 Å². The van der Waals surface area contributed by atoms with Crippen LogP contribution < -0.4 is 14.8 Å². The van der Waals surface area contributed by atoms with E-state index < -0.39 is 0 Å². The average molecular weight is 365 g/mol. The van der Waals surface area contributed by atoms with Gasteiger partial charge in [-0.2, -0.15) is 0 Å². The van der Waals surface area contributed by atoms with Crippen molar-refractivity contribution in [2.24, 2.45) is 0 Å². The number of benzene rings is 2. The van der Waals surface area contributed by atoms with Crippen LogP contribution in [-0.2, 0) is 0 Å². The largest absolute Gasteiger partial charge is 0.494 e. The number of nitrogens with one attached hydrogen (secondary N) is 1. The van der Waals surface area contributed by atoms with E-state index in [4.69, 9.17) is 33.3 Å². The Balaban J connectivity index is 1.78. The zero-order valence-electron chi connectivity index (χ0n) is 13.8. The molecule has 0 spiro atoms. The summed E-state index contributed by atoms with van der Waals surface area (Å²) in [6, 6.07) is 15.1. The van der Waals surface area contributed by atoms with E-state index in [-0.39, 0.29) is 0 Å². The normalized spacial score (nSPS) is 10.1. The summed E-state index contributed by atoms with van der Waals surface area (Å²) in [5.41, 5.74) is 0.919. The molecule has 2 aromatic rings. The first-order valence-electron chi connectivity index (χ1n) is 7.72. The van der Waals surface area contributed by atoms with Crippen LogP contribution in [0.3, 0.4) is 0 Å². The molecule has 0 aliphatic heterocycles. The van der Waals surface area contributed by atoms with E-state index in [1.807, 2.05) is 61.3 Å². The average Bonchev–Trinajstić information content (AvgIpc) is 2.58. The zero-order valence-corrected chi connectivity index (χ0v) is 15.4. The molecule has 24 heavy (non-hydrogen) atoms. The van der Waals surface area contributed by atoms with Crippen LogP contribution in [0.25, 0.3) is 0 Å². The van der Waals surface area contributed by atoms with Gasteiger partial charge in [0.05, 0.1) is 18.2 Å². The highest BCUT2D eigenvalue weighted by molar-refractivity contribution is 7.80. The van der Waals surface area contributed by atoms with Gasteiger partial charge >= 0.3 is 0 Å². The lowest BCUT2D eigenvalue weighted by atomic mass is 10.3. The molecule has 2 aromatic carbocycles. The van der Waals surface area contributed by atoms with E-state index in [2.05, 4.69) is 5.32 Å². The van der Waals surface area contributed by atoms with Gasteiger partial charge in [-0.05, 0) is 55.5 Å². The van der Waals surface area contributed by atoms with Gasteiger partial charge in [0.25, 0.3) is 0 Å². The molecule has 1 N–H and O–H groups in total. The SMILES string of the molecule is CCOc1ccc(NC(=S)N(C)CCOc2ccccc2Cl)cc1. The summed E-state index contributed by atoms with van der Waals surface area (Å²) < 4.78 is 11.1. The van der Waals surface area contributed by atoms with Gasteiger partial charge in [-0.25, -0.2) is 0 Å². The van der Waals surface area contributed by atoms with Crippen LogP contribution in [0.1, 0.15) is 6.92 Å². The fourth-order valence-corrected chi connectivity index (χ4v) is 2.38. The summed E-state index contributed by atoms with van der Waals surface area (Å²) in [5, 5.41) is 4.42. The van der Waals surface area contributed by atoms with E-state index in [0.717, 1.165) is 11.4 Å². The van der Waals surface area contributed by atoms with Crippen LogP contribution in [0.5, 0.6) is 11.5 Å². The minimum atomic E-state index is 0.491. The number of rotatable bonds is 7. The molecule has 6 heteroatoms. The molecule has 2 rings (SSSR count). The smallest absolute Gasteiger partial charge is 0.173 e. The molecular weight excluding hydrogens is 344 g/mol. The molecule has 0 fully saturated rings. The second kappa shape index (κ2) is 9.35. The molecule has 0 saturated carbocycles. The first kappa shape index (κ1) is 18.4. The summed E-state index contributed by atoms with van der Waals surface area (Å²) in [4.78, 5) is 1.92. The van der Waals surface area contributed by atoms with Gasteiger partial charge in [-0.15, -0.1) is 0 Å². The van der Waals surface area contributed by atoms with Gasteiger partial charge in [-0.3, -0.25) is 0 Å². The Labute approximate surface area is 153 Å². The Morgan fingerprint density at radius 1 is 1.12 bits per heavy atom. The molecule has 128 valence electrons. The van der Waals surface area contributed by atoms with Crippen molar-refractivity contribution >= 4 is 34.6 Å². The van der Waals surface area contributed by atoms with Crippen molar-refractivity contribution in [1.29, 1.82) is 0 Å². The lowest BCUT2D eigenvalue weighted by molar-refractivity contribution is 0.285. The van der Waals surface area contributed by atoms with Gasteiger partial charge in [-0.1, -0.05) is 23.7 Å². The molecule has 0 amide bonds. The summed E-state index contributed by atoms with van der Waals surface area (Å²) in [6.07, 6.45) is 0. The molecule has 0 unspecified atom stereocenters. The number of hydrogen-bond acceptors (Lipinski definition) is 3. The fraction of sp³-hybridized carbons (Fsp3) is 0.278. The Hall–Kier alpha value is -1.98. The molecule has 0 atom stereocenters. The van der Waals surface area contributed by atoms with Crippen molar-refractivity contribution in [3.8, 4) is 11.5 Å². The quantitative estimate of drug-likeness (QED) is 0.734. The Morgan fingerprint density at radius 3 is 2.50 bits per heavy atom. The first-order valence-corrected chi connectivity index (χ1v) is 8.51. The fourth-order valence-electron chi connectivity index (χ4n) is 1.98. The second-order valence-electron chi connectivity index (χ2n) is 5.09. The Morgan fingerprint density at radius 2 is 1.83 bits per heavy atom. The molecule has 0 saturated heterocycles. The second-order valence-corrected chi connectivity index (χ2v) is 5.88. The maximum atomic E-state index is 6.06. The maximum Gasteiger partial charge on any atom is 0.173 e. The van der Waals surface area contributed by atoms with E-state index in [1.54, 1.807) is 6.07 Å². The van der Waals surface area contributed by atoms with Crippen LogP contribution in [0.2, 0.25) is 5.02 Å². The van der Waals surface area contributed by atoms with Crippen molar-refractivity contribution in [2.45, 2.75) is 6.92 Å². The standard InChI is InChI=1S/C18H21ClN2O2S/c1-3-22-15-10-8-14(9-11-15)20-18(24)21(2)12-13-23-17-7-5-4-6-16(17)19/h4-11H,3,12-13H2,1-2H3,(H,20,24). The lowest BCUT2D eigenvalue weighted by Gasteiger charge is -2.21. The van der Waals surface area contributed by atoms with Gasteiger partial charge in [0.1, 0.15) is 18.1 Å². The number of nitrogens with zero attached hydrogens (tertiary/aromatic N) is 1. The number of thiocarbonyl (C=S) groups is 1. The van der Waals surface area contributed by atoms with Crippen LogP contribution >= 0.6 is 23.8 Å². The number of ether oxygens (including phenoxy) is 2. The lowest BCUT2D eigenvalue weighted by Crippen LogP contribution is -2.34. The van der Waals surface area contributed by atoms with E-state index in [9.17, 15) is 0 Å². The van der Waals surface area contributed by atoms with Crippen LogP contribution in [-0.4, -0.2) is 36.8 Å². The predicted octanol–water partition coefficient (Wildman–Crippen LogP) is 4.45. The third kappa shape index (κ3) is 5.58. The van der Waals surface area contributed by atoms with Crippen molar-refractivity contribution < 1.29 is 9.47 Å². The summed E-state index contributed by atoms with van der Waals surface area (Å²) in [5.74, 6) is 1.52. The zero-order chi connectivity index (χ0) is 17.4. The Kier molecular flexibility index (Phi) is 7.15. The molecule has 0 aliphatic rings. The van der Waals surface area contributed by atoms with Crippen molar-refractivity contribution in [1.82, 2.24) is 4.90 Å². The third-order valence-electron chi connectivity index (χ3n) is 3.28. The summed E-state index contributed by atoms with van der Waals surface area (Å²) in [6.45, 7) is 3.75. The minimum Gasteiger partial charge on any atom is -0.494 e. The van der Waals surface area contributed by atoms with Crippen LogP contribution in [0.4, 0.5) is 5.69 Å².